The van der Waals surface area contributed by atoms with E-state index in [2.05, 4.69) is 52.0 Å². The highest BCUT2D eigenvalue weighted by molar-refractivity contribution is 6.02. The standard InChI is InChI=1S/C23H31N5O2/c1-18-5-7-19(8-6-18)22-16-20(21-4-3-10-26(21)2)25-28(22)23(29)17-24-9-11-27-12-14-30-15-13-27/h3-8,10,22,24H,9,11-17H2,1-2H3/t22-/m0/s1. The van der Waals surface area contributed by atoms with Gasteiger partial charge in [-0.1, -0.05) is 29.8 Å². The van der Waals surface area contributed by atoms with E-state index in [0.717, 1.165) is 62.8 Å². The van der Waals surface area contributed by atoms with Gasteiger partial charge in [0.05, 0.1) is 37.2 Å². The first-order valence-corrected chi connectivity index (χ1v) is 10.7. The van der Waals surface area contributed by atoms with Gasteiger partial charge in [-0.05, 0) is 24.6 Å². The van der Waals surface area contributed by atoms with Crippen molar-refractivity contribution in [2.24, 2.45) is 12.1 Å². The Kier molecular flexibility index (Phi) is 6.62. The first-order chi connectivity index (χ1) is 14.6. The second-order valence-electron chi connectivity index (χ2n) is 8.05. The van der Waals surface area contributed by atoms with Gasteiger partial charge < -0.3 is 14.6 Å². The van der Waals surface area contributed by atoms with Crippen LogP contribution >= 0.6 is 0 Å². The van der Waals surface area contributed by atoms with Crippen molar-refractivity contribution in [3.63, 3.8) is 0 Å². The van der Waals surface area contributed by atoms with Crippen LogP contribution in [0.1, 0.15) is 29.3 Å². The van der Waals surface area contributed by atoms with Gasteiger partial charge in [0, 0.05) is 45.8 Å². The number of benzene rings is 1. The van der Waals surface area contributed by atoms with Gasteiger partial charge in [0.1, 0.15) is 0 Å². The monoisotopic (exact) mass is 409 g/mol. The second-order valence-corrected chi connectivity index (χ2v) is 8.05. The molecule has 30 heavy (non-hydrogen) atoms. The van der Waals surface area contributed by atoms with E-state index in [0.29, 0.717) is 0 Å². The van der Waals surface area contributed by atoms with Gasteiger partial charge in [0.25, 0.3) is 5.91 Å². The van der Waals surface area contributed by atoms with Crippen LogP contribution in [0.15, 0.2) is 47.7 Å². The third-order valence-electron chi connectivity index (χ3n) is 5.85. The van der Waals surface area contributed by atoms with E-state index in [4.69, 9.17) is 9.84 Å². The summed E-state index contributed by atoms with van der Waals surface area (Å²) in [5.74, 6) is 0.00626. The van der Waals surface area contributed by atoms with Crippen molar-refractivity contribution in [3.05, 3.63) is 59.4 Å². The van der Waals surface area contributed by atoms with Gasteiger partial charge in [-0.15, -0.1) is 0 Å². The molecule has 4 rings (SSSR count). The zero-order chi connectivity index (χ0) is 20.9. The summed E-state index contributed by atoms with van der Waals surface area (Å²) < 4.78 is 7.44. The Morgan fingerprint density at radius 2 is 1.97 bits per heavy atom. The molecule has 1 saturated heterocycles. The van der Waals surface area contributed by atoms with Gasteiger partial charge in [-0.25, -0.2) is 5.01 Å². The van der Waals surface area contributed by atoms with Crippen LogP contribution in [0.2, 0.25) is 0 Å². The van der Waals surface area contributed by atoms with E-state index < -0.39 is 0 Å². The molecule has 0 unspecified atom stereocenters. The molecular weight excluding hydrogens is 378 g/mol. The summed E-state index contributed by atoms with van der Waals surface area (Å²) in [5.41, 5.74) is 4.34. The number of carbonyl (C=O) groups excluding carboxylic acids is 1. The summed E-state index contributed by atoms with van der Waals surface area (Å²) in [6.07, 6.45) is 2.73. The Bertz CT molecular complexity index is 883. The lowest BCUT2D eigenvalue weighted by Crippen LogP contribution is -2.42. The molecule has 3 heterocycles. The average Bonchev–Trinajstić information content (AvgIpc) is 3.39. The van der Waals surface area contributed by atoms with Gasteiger partial charge >= 0.3 is 0 Å². The Hall–Kier alpha value is -2.48. The molecule has 1 amide bonds. The van der Waals surface area contributed by atoms with Crippen molar-refractivity contribution in [1.82, 2.24) is 19.8 Å². The van der Waals surface area contributed by atoms with Crippen LogP contribution in [0.25, 0.3) is 0 Å². The minimum Gasteiger partial charge on any atom is -0.379 e. The number of amides is 1. The van der Waals surface area contributed by atoms with Crippen molar-refractivity contribution in [1.29, 1.82) is 0 Å². The van der Waals surface area contributed by atoms with Crippen LogP contribution in [0.4, 0.5) is 0 Å². The van der Waals surface area contributed by atoms with E-state index in [-0.39, 0.29) is 18.5 Å². The lowest BCUT2D eigenvalue weighted by molar-refractivity contribution is -0.132. The number of hydrogen-bond donors (Lipinski definition) is 1. The Morgan fingerprint density at radius 1 is 1.20 bits per heavy atom. The molecule has 2 aromatic rings. The summed E-state index contributed by atoms with van der Waals surface area (Å²) in [4.78, 5) is 15.4. The molecule has 0 radical (unpaired) electrons. The number of nitrogens with zero attached hydrogens (tertiary/aromatic N) is 4. The molecule has 1 N–H and O–H groups in total. The number of carbonyl (C=O) groups is 1. The van der Waals surface area contributed by atoms with E-state index in [1.807, 2.05) is 19.3 Å². The first kappa shape index (κ1) is 20.8. The molecule has 1 atom stereocenters. The quantitative estimate of drug-likeness (QED) is 0.710. The number of hydrogen-bond acceptors (Lipinski definition) is 5. The summed E-state index contributed by atoms with van der Waals surface area (Å²) in [7, 11) is 2.01. The lowest BCUT2D eigenvalue weighted by atomic mass is 9.99. The maximum atomic E-state index is 13.1. The number of ether oxygens (including phenoxy) is 1. The minimum atomic E-state index is -0.0657. The van der Waals surface area contributed by atoms with Gasteiger partial charge in [-0.3, -0.25) is 9.69 Å². The third-order valence-corrected chi connectivity index (χ3v) is 5.85. The number of rotatable bonds is 7. The molecule has 0 spiro atoms. The number of aryl methyl sites for hydroxylation is 2. The molecule has 0 saturated carbocycles. The molecule has 7 nitrogen and oxygen atoms in total. The normalized spacial score (nSPS) is 19.9. The Morgan fingerprint density at radius 3 is 2.67 bits per heavy atom. The minimum absolute atomic E-state index is 0.00626. The van der Waals surface area contributed by atoms with Gasteiger partial charge in [0.2, 0.25) is 0 Å². The number of aromatic nitrogens is 1. The molecule has 0 aliphatic carbocycles. The molecule has 2 aliphatic rings. The molecule has 0 bridgehead atoms. The van der Waals surface area contributed by atoms with E-state index in [9.17, 15) is 4.79 Å². The average molecular weight is 410 g/mol. The smallest absolute Gasteiger partial charge is 0.257 e. The first-order valence-electron chi connectivity index (χ1n) is 10.7. The molecule has 2 aliphatic heterocycles. The predicted molar refractivity (Wildman–Crippen MR) is 117 cm³/mol. The number of nitrogens with one attached hydrogen (secondary N) is 1. The van der Waals surface area contributed by atoms with Crippen LogP contribution in [-0.2, 0) is 16.6 Å². The molecular formula is C23H31N5O2. The van der Waals surface area contributed by atoms with Crippen LogP contribution in [0.3, 0.4) is 0 Å². The van der Waals surface area contributed by atoms with Crippen LogP contribution in [0, 0.1) is 6.92 Å². The van der Waals surface area contributed by atoms with Crippen LogP contribution < -0.4 is 5.32 Å². The fourth-order valence-corrected chi connectivity index (χ4v) is 4.04. The molecule has 1 aromatic carbocycles. The number of hydrazone groups is 1. The van der Waals surface area contributed by atoms with Crippen molar-refractivity contribution in [2.75, 3.05) is 45.9 Å². The van der Waals surface area contributed by atoms with Crippen LogP contribution in [0.5, 0.6) is 0 Å². The van der Waals surface area contributed by atoms with Gasteiger partial charge in [-0.2, -0.15) is 5.10 Å². The molecule has 160 valence electrons. The summed E-state index contributed by atoms with van der Waals surface area (Å²) in [6, 6.07) is 12.4. The highest BCUT2D eigenvalue weighted by Crippen LogP contribution is 2.32. The SMILES string of the molecule is Cc1ccc([C@@H]2CC(c3cccn3C)=NN2C(=O)CNCCN2CCOCC2)cc1. The van der Waals surface area contributed by atoms with E-state index in [1.54, 1.807) is 5.01 Å². The van der Waals surface area contributed by atoms with E-state index in [1.165, 1.54) is 5.56 Å². The highest BCUT2D eigenvalue weighted by atomic mass is 16.5. The third kappa shape index (κ3) is 4.80. The van der Waals surface area contributed by atoms with Crippen molar-refractivity contribution in [2.45, 2.75) is 19.4 Å². The Labute approximate surface area is 178 Å². The highest BCUT2D eigenvalue weighted by Gasteiger charge is 2.33. The lowest BCUT2D eigenvalue weighted by Gasteiger charge is -2.26. The molecule has 1 fully saturated rings. The second kappa shape index (κ2) is 9.55. The zero-order valence-corrected chi connectivity index (χ0v) is 17.9. The molecule has 1 aromatic heterocycles. The summed E-state index contributed by atoms with van der Waals surface area (Å²) >= 11 is 0. The van der Waals surface area contributed by atoms with Crippen molar-refractivity contribution >= 4 is 11.6 Å². The largest absolute Gasteiger partial charge is 0.379 e. The summed E-state index contributed by atoms with van der Waals surface area (Å²) in [6.45, 7) is 7.58. The zero-order valence-electron chi connectivity index (χ0n) is 17.9. The summed E-state index contributed by atoms with van der Waals surface area (Å²) in [5, 5.41) is 9.73. The molecule has 7 heteroatoms. The Balaban J connectivity index is 1.42. The van der Waals surface area contributed by atoms with E-state index >= 15 is 0 Å². The van der Waals surface area contributed by atoms with Gasteiger partial charge in [0.15, 0.2) is 0 Å². The fourth-order valence-electron chi connectivity index (χ4n) is 4.04. The fraction of sp³-hybridized carbons (Fsp3) is 0.478. The van der Waals surface area contributed by atoms with Crippen molar-refractivity contribution in [3.8, 4) is 0 Å². The topological polar surface area (TPSA) is 62.1 Å². The van der Waals surface area contributed by atoms with Crippen molar-refractivity contribution < 1.29 is 9.53 Å². The number of morpholine rings is 1. The maximum Gasteiger partial charge on any atom is 0.257 e. The van der Waals surface area contributed by atoms with Crippen LogP contribution in [-0.4, -0.2) is 72.0 Å². The predicted octanol–water partition coefficient (Wildman–Crippen LogP) is 1.93. The maximum absolute atomic E-state index is 13.1.